The molecule has 0 fully saturated rings. The first-order valence-corrected chi connectivity index (χ1v) is 4.82. The van der Waals surface area contributed by atoms with Gasteiger partial charge in [-0.25, -0.2) is 0 Å². The van der Waals surface area contributed by atoms with Crippen LogP contribution >= 0.6 is 0 Å². The van der Waals surface area contributed by atoms with Crippen molar-refractivity contribution in [3.8, 4) is 17.2 Å². The van der Waals surface area contributed by atoms with E-state index in [9.17, 15) is 10.1 Å². The van der Waals surface area contributed by atoms with Crippen molar-refractivity contribution in [2.24, 2.45) is 0 Å². The summed E-state index contributed by atoms with van der Waals surface area (Å²) in [6.45, 7) is 0. The van der Waals surface area contributed by atoms with Crippen molar-refractivity contribution in [1.29, 1.82) is 5.26 Å². The van der Waals surface area contributed by atoms with E-state index < -0.39 is 4.92 Å². The third-order valence-corrected chi connectivity index (χ3v) is 2.28. The number of hydrogen-bond acceptors (Lipinski definition) is 4. The number of aromatic nitrogens is 1. The van der Waals surface area contributed by atoms with Crippen LogP contribution in [0.3, 0.4) is 0 Å². The minimum absolute atomic E-state index is 0.261. The Labute approximate surface area is 97.1 Å². The summed E-state index contributed by atoms with van der Waals surface area (Å²) in [5.74, 6) is -0.261. The molecular weight excluding hydrogens is 218 g/mol. The lowest BCUT2D eigenvalue weighted by atomic mass is 10.0. The highest BCUT2D eigenvalue weighted by atomic mass is 16.6. The Balaban J connectivity index is 2.63. The first-order valence-electron chi connectivity index (χ1n) is 4.82. The van der Waals surface area contributed by atoms with Gasteiger partial charge in [-0.05, 0) is 15.5 Å². The summed E-state index contributed by atoms with van der Waals surface area (Å²) >= 11 is 0. The zero-order valence-electron chi connectivity index (χ0n) is 8.70. The number of nitro groups is 1. The molecule has 0 unspecified atom stereocenters. The Morgan fingerprint density at radius 1 is 1.29 bits per heavy atom. The number of nitrogens with zero attached hydrogens (tertiary/aromatic N) is 3. The van der Waals surface area contributed by atoms with Gasteiger partial charge < -0.3 is 10.1 Å². The molecule has 5 nitrogen and oxygen atoms in total. The summed E-state index contributed by atoms with van der Waals surface area (Å²) in [5, 5.41) is 19.6. The number of benzene rings is 1. The van der Waals surface area contributed by atoms with Gasteiger partial charge in [-0.15, -0.1) is 0 Å². The monoisotopic (exact) mass is 225 g/mol. The molecule has 0 saturated carbocycles. The fraction of sp³-hybridized carbons (Fsp3) is 0. The van der Waals surface area contributed by atoms with Gasteiger partial charge in [0.15, 0.2) is 6.20 Å². The summed E-state index contributed by atoms with van der Waals surface area (Å²) in [6, 6.07) is 12.3. The maximum Gasteiger partial charge on any atom is 0.364 e. The summed E-state index contributed by atoms with van der Waals surface area (Å²) in [6.07, 6.45) is 1.22. The molecule has 2 rings (SSSR count). The Kier molecular flexibility index (Phi) is 2.79. The molecular formula is C12H7N3O2. The van der Waals surface area contributed by atoms with E-state index in [0.717, 1.165) is 5.56 Å². The van der Waals surface area contributed by atoms with Crippen molar-refractivity contribution in [3.63, 3.8) is 0 Å². The van der Waals surface area contributed by atoms with Crippen LogP contribution in [0, 0.1) is 21.4 Å². The van der Waals surface area contributed by atoms with Gasteiger partial charge in [-0.3, -0.25) is 0 Å². The van der Waals surface area contributed by atoms with Crippen LogP contribution in [-0.2, 0) is 0 Å². The molecule has 0 bridgehead atoms. The lowest BCUT2D eigenvalue weighted by Gasteiger charge is -2.02. The van der Waals surface area contributed by atoms with E-state index in [1.165, 1.54) is 12.3 Å². The second-order valence-electron chi connectivity index (χ2n) is 3.32. The van der Waals surface area contributed by atoms with Gasteiger partial charge >= 0.3 is 5.82 Å². The van der Waals surface area contributed by atoms with E-state index in [2.05, 4.69) is 4.98 Å². The molecule has 0 atom stereocenters. The Hall–Kier alpha value is -2.74. The van der Waals surface area contributed by atoms with E-state index in [1.807, 2.05) is 24.3 Å². The van der Waals surface area contributed by atoms with Crippen LogP contribution in [0.15, 0.2) is 42.6 Å². The number of nitriles is 1. The van der Waals surface area contributed by atoms with Crippen LogP contribution in [0.1, 0.15) is 5.56 Å². The second kappa shape index (κ2) is 4.41. The summed E-state index contributed by atoms with van der Waals surface area (Å²) in [7, 11) is 0. The predicted molar refractivity (Wildman–Crippen MR) is 61.0 cm³/mol. The van der Waals surface area contributed by atoms with Gasteiger partial charge in [0, 0.05) is 11.6 Å². The molecule has 0 spiro atoms. The molecule has 0 amide bonds. The highest BCUT2D eigenvalue weighted by Gasteiger charge is 2.14. The molecule has 0 aliphatic heterocycles. The highest BCUT2D eigenvalue weighted by Crippen LogP contribution is 2.25. The van der Waals surface area contributed by atoms with Crippen molar-refractivity contribution >= 4 is 5.82 Å². The molecule has 2 aromatic rings. The van der Waals surface area contributed by atoms with Gasteiger partial charge in [-0.2, -0.15) is 5.26 Å². The zero-order chi connectivity index (χ0) is 12.3. The first-order chi connectivity index (χ1) is 8.22. The SMILES string of the molecule is N#Cc1cnc([N+](=O)[O-])cc1-c1ccccc1. The van der Waals surface area contributed by atoms with Crippen LogP contribution in [0.25, 0.3) is 11.1 Å². The summed E-state index contributed by atoms with van der Waals surface area (Å²) in [4.78, 5) is 13.7. The highest BCUT2D eigenvalue weighted by molar-refractivity contribution is 5.71. The van der Waals surface area contributed by atoms with Gasteiger partial charge in [-0.1, -0.05) is 30.3 Å². The molecule has 17 heavy (non-hydrogen) atoms. The maximum atomic E-state index is 10.6. The molecule has 0 saturated heterocycles. The Morgan fingerprint density at radius 2 is 2.00 bits per heavy atom. The van der Waals surface area contributed by atoms with Gasteiger partial charge in [0.05, 0.1) is 0 Å². The van der Waals surface area contributed by atoms with E-state index >= 15 is 0 Å². The molecule has 5 heteroatoms. The molecule has 1 aromatic heterocycles. The minimum atomic E-state index is -0.576. The lowest BCUT2D eigenvalue weighted by molar-refractivity contribution is -0.389. The molecule has 1 aromatic carbocycles. The van der Waals surface area contributed by atoms with Crippen LogP contribution < -0.4 is 0 Å². The van der Waals surface area contributed by atoms with Crippen molar-refractivity contribution < 1.29 is 4.92 Å². The van der Waals surface area contributed by atoms with E-state index in [1.54, 1.807) is 12.1 Å². The van der Waals surface area contributed by atoms with E-state index in [-0.39, 0.29) is 5.82 Å². The number of pyridine rings is 1. The largest absolute Gasteiger partial charge is 0.364 e. The topological polar surface area (TPSA) is 79.8 Å². The average molecular weight is 225 g/mol. The summed E-state index contributed by atoms with van der Waals surface area (Å²) < 4.78 is 0. The van der Waals surface area contributed by atoms with Crippen LogP contribution in [0.2, 0.25) is 0 Å². The van der Waals surface area contributed by atoms with Crippen LogP contribution in [0.4, 0.5) is 5.82 Å². The maximum absolute atomic E-state index is 10.6. The number of rotatable bonds is 2. The van der Waals surface area contributed by atoms with E-state index in [0.29, 0.717) is 11.1 Å². The fourth-order valence-electron chi connectivity index (χ4n) is 1.49. The molecule has 0 N–H and O–H groups in total. The Bertz CT molecular complexity index is 603. The van der Waals surface area contributed by atoms with Gasteiger partial charge in [0.25, 0.3) is 0 Å². The van der Waals surface area contributed by atoms with Crippen molar-refractivity contribution in [2.45, 2.75) is 0 Å². The molecule has 1 heterocycles. The minimum Gasteiger partial charge on any atom is -0.358 e. The standard InChI is InChI=1S/C12H7N3O2/c13-7-10-8-14-12(15(16)17)6-11(10)9-4-2-1-3-5-9/h1-6,8H. The van der Waals surface area contributed by atoms with Crippen LogP contribution in [-0.4, -0.2) is 9.91 Å². The third kappa shape index (κ3) is 2.11. The normalized spacial score (nSPS) is 9.59. The second-order valence-corrected chi connectivity index (χ2v) is 3.32. The van der Waals surface area contributed by atoms with E-state index in [4.69, 9.17) is 5.26 Å². The molecule has 0 aliphatic carbocycles. The lowest BCUT2D eigenvalue weighted by Crippen LogP contribution is -1.94. The molecule has 82 valence electrons. The Morgan fingerprint density at radius 3 is 2.59 bits per heavy atom. The smallest absolute Gasteiger partial charge is 0.358 e. The predicted octanol–water partition coefficient (Wildman–Crippen LogP) is 2.53. The zero-order valence-corrected chi connectivity index (χ0v) is 8.70. The van der Waals surface area contributed by atoms with Crippen molar-refractivity contribution in [1.82, 2.24) is 4.98 Å². The van der Waals surface area contributed by atoms with Crippen molar-refractivity contribution in [2.75, 3.05) is 0 Å². The first kappa shape index (κ1) is 10.8. The summed E-state index contributed by atoms with van der Waals surface area (Å²) in [5.41, 5.74) is 1.60. The average Bonchev–Trinajstić information content (AvgIpc) is 2.39. The van der Waals surface area contributed by atoms with Gasteiger partial charge in [0.2, 0.25) is 0 Å². The van der Waals surface area contributed by atoms with Gasteiger partial charge in [0.1, 0.15) is 11.6 Å². The third-order valence-electron chi connectivity index (χ3n) is 2.28. The van der Waals surface area contributed by atoms with Crippen LogP contribution in [0.5, 0.6) is 0 Å². The molecule has 0 radical (unpaired) electrons. The molecule has 0 aliphatic rings. The van der Waals surface area contributed by atoms with Crippen molar-refractivity contribution in [3.05, 3.63) is 58.3 Å². The fourth-order valence-corrected chi connectivity index (χ4v) is 1.49. The quantitative estimate of drug-likeness (QED) is 0.581. The number of hydrogen-bond donors (Lipinski definition) is 0.